The molecule has 4 fully saturated rings. The van der Waals surface area contributed by atoms with Gasteiger partial charge in [-0.05, 0) is 117 Å². The molecule has 4 saturated carbocycles. The van der Waals surface area contributed by atoms with Crippen LogP contribution in [0.5, 0.6) is 0 Å². The summed E-state index contributed by atoms with van der Waals surface area (Å²) in [6.45, 7) is 10.5. The van der Waals surface area contributed by atoms with Crippen molar-refractivity contribution in [3.63, 3.8) is 0 Å². The molecule has 0 spiro atoms. The van der Waals surface area contributed by atoms with Crippen molar-refractivity contribution < 1.29 is 27.5 Å². The Morgan fingerprint density at radius 2 is 1.72 bits per heavy atom. The number of nitrogens with one attached hydrogen (secondary N) is 1. The average Bonchev–Trinajstić information content (AvgIpc) is 3.32. The second kappa shape index (κ2) is 12.2. The van der Waals surface area contributed by atoms with E-state index in [2.05, 4.69) is 25.6 Å². The number of carbonyl (C=O) groups excluding carboxylic acids is 2. The molecule has 238 valence electrons. The first-order valence-corrected chi connectivity index (χ1v) is 17.7. The van der Waals surface area contributed by atoms with Gasteiger partial charge >= 0.3 is 11.9 Å². The zero-order chi connectivity index (χ0) is 31.2. The van der Waals surface area contributed by atoms with Crippen LogP contribution in [0.2, 0.25) is 0 Å². The van der Waals surface area contributed by atoms with Crippen molar-refractivity contribution in [1.82, 2.24) is 4.83 Å². The van der Waals surface area contributed by atoms with Gasteiger partial charge in [-0.1, -0.05) is 38.5 Å². The summed E-state index contributed by atoms with van der Waals surface area (Å²) in [4.78, 5) is 26.6. The third-order valence-electron chi connectivity index (χ3n) is 12.2. The Hall–Kier alpha value is -2.42. The van der Waals surface area contributed by atoms with Gasteiger partial charge in [0, 0.05) is 25.0 Å². The van der Waals surface area contributed by atoms with Crippen LogP contribution in [0, 0.1) is 53.3 Å². The third-order valence-corrected chi connectivity index (χ3v) is 13.4. The Kier molecular flexibility index (Phi) is 9.05. The largest absolute Gasteiger partial charge is 0.469 e. The minimum atomic E-state index is -3.82. The first-order valence-electron chi connectivity index (χ1n) is 16.2. The second-order valence-electron chi connectivity index (χ2n) is 14.5. The summed E-state index contributed by atoms with van der Waals surface area (Å²) >= 11 is 0. The van der Waals surface area contributed by atoms with E-state index in [0.717, 1.165) is 56.2 Å². The maximum atomic E-state index is 13.3. The first-order chi connectivity index (χ1) is 20.3. The molecule has 1 N–H and O–H groups in total. The third kappa shape index (κ3) is 6.12. The van der Waals surface area contributed by atoms with E-state index >= 15 is 0 Å². The number of aryl methyl sites for hydroxylation is 1. The van der Waals surface area contributed by atoms with Crippen LogP contribution in [0.4, 0.5) is 0 Å². The van der Waals surface area contributed by atoms with E-state index in [4.69, 9.17) is 14.6 Å². The summed E-state index contributed by atoms with van der Waals surface area (Å²) in [5.41, 5.74) is 2.04. The Labute approximate surface area is 257 Å². The number of hydrazone groups is 1. The minimum Gasteiger partial charge on any atom is -0.469 e. The van der Waals surface area contributed by atoms with Gasteiger partial charge in [-0.25, -0.2) is 4.83 Å². The van der Waals surface area contributed by atoms with Crippen LogP contribution in [0.25, 0.3) is 0 Å². The predicted octanol–water partition coefficient (Wildman–Crippen LogP) is 6.42. The van der Waals surface area contributed by atoms with Crippen LogP contribution in [0.15, 0.2) is 34.3 Å². The number of benzene rings is 1. The molecule has 9 atom stereocenters. The first kappa shape index (κ1) is 32.0. The highest BCUT2D eigenvalue weighted by Crippen LogP contribution is 2.68. The minimum absolute atomic E-state index is 0.0381. The predicted molar refractivity (Wildman–Crippen MR) is 166 cm³/mol. The summed E-state index contributed by atoms with van der Waals surface area (Å²) in [7, 11) is -2.37. The van der Waals surface area contributed by atoms with Crippen LogP contribution in [-0.2, 0) is 29.1 Å². The number of esters is 2. The maximum absolute atomic E-state index is 13.3. The molecule has 4 aliphatic carbocycles. The molecule has 1 aromatic rings. The molecule has 8 nitrogen and oxygen atoms in total. The highest BCUT2D eigenvalue weighted by molar-refractivity contribution is 7.89. The molecule has 0 amide bonds. The van der Waals surface area contributed by atoms with Crippen molar-refractivity contribution in [1.29, 1.82) is 0 Å². The van der Waals surface area contributed by atoms with Gasteiger partial charge in [0.1, 0.15) is 6.10 Å². The molecule has 5 rings (SSSR count). The number of sulfonamides is 1. The standard InChI is InChI=1S/C34H50N2O6S/c1-21-7-10-25(11-8-21)43(39,40)36-35-31-20-26-28-13-12-27(22(2)9-14-32(38)41-6)33(28,4)18-16-29(26)34(5)17-15-24(19-30(31)34)42-23(3)37/h7-8,10-11,22,24,26-30,36H,9,12-20H2,1-6H3/b35-31-/t22-,24-,26?,27?,28?,29?,30?,33-,34-/m1/s1. The molecule has 0 heterocycles. The number of hydrogen-bond acceptors (Lipinski definition) is 7. The van der Waals surface area contributed by atoms with Crippen LogP contribution in [0.1, 0.15) is 97.5 Å². The number of ether oxygens (including phenoxy) is 2. The van der Waals surface area contributed by atoms with Crippen molar-refractivity contribution in [2.45, 2.75) is 110 Å². The summed E-state index contributed by atoms with van der Waals surface area (Å²) < 4.78 is 37.2. The summed E-state index contributed by atoms with van der Waals surface area (Å²) in [6, 6.07) is 6.81. The Morgan fingerprint density at radius 3 is 2.40 bits per heavy atom. The maximum Gasteiger partial charge on any atom is 0.305 e. The van der Waals surface area contributed by atoms with Crippen LogP contribution in [-0.4, -0.2) is 39.3 Å². The van der Waals surface area contributed by atoms with Crippen LogP contribution >= 0.6 is 0 Å². The quantitative estimate of drug-likeness (QED) is 0.267. The Morgan fingerprint density at radius 1 is 1.05 bits per heavy atom. The van der Waals surface area contributed by atoms with Crippen LogP contribution in [0.3, 0.4) is 0 Å². The molecular formula is C34H50N2O6S. The fraction of sp³-hybridized carbons (Fsp3) is 0.735. The molecule has 5 unspecified atom stereocenters. The van der Waals surface area contributed by atoms with E-state index in [0.29, 0.717) is 42.4 Å². The zero-order valence-corrected chi connectivity index (χ0v) is 27.5. The molecule has 0 saturated heterocycles. The van der Waals surface area contributed by atoms with Gasteiger partial charge in [-0.2, -0.15) is 13.5 Å². The highest BCUT2D eigenvalue weighted by Gasteiger charge is 2.62. The van der Waals surface area contributed by atoms with E-state index in [1.807, 2.05) is 6.92 Å². The van der Waals surface area contributed by atoms with E-state index in [1.165, 1.54) is 20.5 Å². The summed E-state index contributed by atoms with van der Waals surface area (Å²) in [5, 5.41) is 4.72. The normalized spacial score (nSPS) is 37.0. The van der Waals surface area contributed by atoms with Gasteiger partial charge < -0.3 is 9.47 Å². The van der Waals surface area contributed by atoms with Crippen molar-refractivity contribution in [2.24, 2.45) is 51.4 Å². The molecular weight excluding hydrogens is 564 g/mol. The number of nitrogens with zero attached hydrogens (tertiary/aromatic N) is 1. The summed E-state index contributed by atoms with van der Waals surface area (Å²) in [5.74, 6) is 2.09. The van der Waals surface area contributed by atoms with Gasteiger partial charge in [0.2, 0.25) is 0 Å². The summed E-state index contributed by atoms with van der Waals surface area (Å²) in [6.07, 6.45) is 8.97. The molecule has 0 aliphatic heterocycles. The Balaban J connectivity index is 1.44. The molecule has 9 heteroatoms. The molecule has 4 aliphatic rings. The molecule has 0 aromatic heterocycles. The Bertz CT molecular complexity index is 1340. The zero-order valence-electron chi connectivity index (χ0n) is 26.7. The molecule has 0 bridgehead atoms. The lowest BCUT2D eigenvalue weighted by molar-refractivity contribution is -0.153. The number of methoxy groups -OCH3 is 1. The number of rotatable bonds is 8. The topological polar surface area (TPSA) is 111 Å². The lowest BCUT2D eigenvalue weighted by Crippen LogP contribution is -2.57. The van der Waals surface area contributed by atoms with Crippen LogP contribution < -0.4 is 4.83 Å². The average molecular weight is 615 g/mol. The molecule has 0 radical (unpaired) electrons. The fourth-order valence-electron chi connectivity index (χ4n) is 10.0. The number of carbonyl (C=O) groups is 2. The fourth-order valence-corrected chi connectivity index (χ4v) is 10.8. The number of hydrogen-bond donors (Lipinski definition) is 1. The van der Waals surface area contributed by atoms with Gasteiger partial charge in [-0.3, -0.25) is 9.59 Å². The van der Waals surface area contributed by atoms with Crippen molar-refractivity contribution >= 4 is 27.7 Å². The van der Waals surface area contributed by atoms with E-state index in [9.17, 15) is 18.0 Å². The second-order valence-corrected chi connectivity index (χ2v) is 16.1. The molecule has 1 aromatic carbocycles. The lowest BCUT2D eigenvalue weighted by Gasteiger charge is -2.61. The van der Waals surface area contributed by atoms with Gasteiger partial charge in [0.05, 0.1) is 12.0 Å². The van der Waals surface area contributed by atoms with Crippen molar-refractivity contribution in [3.05, 3.63) is 29.8 Å². The van der Waals surface area contributed by atoms with Crippen molar-refractivity contribution in [2.75, 3.05) is 7.11 Å². The smallest absolute Gasteiger partial charge is 0.305 e. The van der Waals surface area contributed by atoms with E-state index < -0.39 is 10.0 Å². The SMILES string of the molecule is COC(=O)CC[C@@H](C)C1CCC2C3C/C(=N/NS(=O)(=O)c4ccc(C)cc4)C4C[C@H](OC(C)=O)CC[C@]4(C)C3CC[C@@]21C. The highest BCUT2D eigenvalue weighted by atomic mass is 32.2. The van der Waals surface area contributed by atoms with Gasteiger partial charge in [0.25, 0.3) is 10.0 Å². The monoisotopic (exact) mass is 614 g/mol. The van der Waals surface area contributed by atoms with Gasteiger partial charge in [-0.15, -0.1) is 0 Å². The molecule has 43 heavy (non-hydrogen) atoms. The van der Waals surface area contributed by atoms with E-state index in [-0.39, 0.29) is 39.7 Å². The number of fused-ring (bicyclic) bond motifs is 5. The lowest BCUT2D eigenvalue weighted by atomic mass is 9.44. The van der Waals surface area contributed by atoms with Crippen molar-refractivity contribution in [3.8, 4) is 0 Å². The van der Waals surface area contributed by atoms with E-state index in [1.54, 1.807) is 24.3 Å². The van der Waals surface area contributed by atoms with Gasteiger partial charge in [0.15, 0.2) is 0 Å².